The summed E-state index contributed by atoms with van der Waals surface area (Å²) in [5, 5.41) is 0. The van der Waals surface area contributed by atoms with E-state index in [4.69, 9.17) is 9.47 Å². The Bertz CT molecular complexity index is 601. The number of likely N-dealkylation sites (tertiary alicyclic amines) is 1. The van der Waals surface area contributed by atoms with Crippen LogP contribution >= 0.6 is 0 Å². The maximum absolute atomic E-state index is 12.0. The molecule has 2 aliphatic rings. The molecule has 0 aromatic heterocycles. The maximum atomic E-state index is 12.0. The van der Waals surface area contributed by atoms with Gasteiger partial charge in [-0.3, -0.25) is 4.79 Å². The number of carbonyl (C=O) groups is 1. The first-order valence-corrected chi connectivity index (χ1v) is 8.34. The molecular weight excluding hydrogens is 290 g/mol. The number of carbonyl (C=O) groups excluding carboxylic acids is 1. The second kappa shape index (κ2) is 7.86. The van der Waals surface area contributed by atoms with Crippen LogP contribution in [0.15, 0.2) is 36.4 Å². The molecule has 0 bridgehead atoms. The highest BCUT2D eigenvalue weighted by molar-refractivity contribution is 5.87. The van der Waals surface area contributed by atoms with E-state index in [-0.39, 0.29) is 5.91 Å². The van der Waals surface area contributed by atoms with Crippen molar-refractivity contribution in [2.45, 2.75) is 32.1 Å². The minimum atomic E-state index is 0.157. The number of hydrogen-bond acceptors (Lipinski definition) is 3. The molecule has 4 nitrogen and oxygen atoms in total. The first kappa shape index (κ1) is 15.7. The SMILES string of the molecule is O=C(C=CCCC=Cc1ccc2c(c1)OCO2)N1CCCCC1. The fraction of sp³-hybridized carbons (Fsp3) is 0.421. The number of fused-ring (bicyclic) bond motifs is 1. The summed E-state index contributed by atoms with van der Waals surface area (Å²) in [6, 6.07) is 5.92. The number of amides is 1. The topological polar surface area (TPSA) is 38.8 Å². The van der Waals surface area contributed by atoms with Crippen LogP contribution in [0.2, 0.25) is 0 Å². The number of ether oxygens (including phenoxy) is 2. The third-order valence-electron chi connectivity index (χ3n) is 4.14. The summed E-state index contributed by atoms with van der Waals surface area (Å²) < 4.78 is 10.7. The van der Waals surface area contributed by atoms with Crippen LogP contribution in [0.3, 0.4) is 0 Å². The van der Waals surface area contributed by atoms with E-state index in [9.17, 15) is 4.79 Å². The Labute approximate surface area is 137 Å². The van der Waals surface area contributed by atoms with Crippen LogP contribution in [0.25, 0.3) is 6.08 Å². The molecule has 1 amide bonds. The van der Waals surface area contributed by atoms with Gasteiger partial charge in [-0.1, -0.05) is 24.3 Å². The summed E-state index contributed by atoms with van der Waals surface area (Å²) in [7, 11) is 0. The van der Waals surface area contributed by atoms with Crippen LogP contribution in [-0.4, -0.2) is 30.7 Å². The first-order valence-electron chi connectivity index (χ1n) is 8.34. The molecule has 3 rings (SSSR count). The van der Waals surface area contributed by atoms with Gasteiger partial charge in [-0.05, 0) is 55.9 Å². The third-order valence-corrected chi connectivity index (χ3v) is 4.14. The molecule has 0 aliphatic carbocycles. The summed E-state index contributed by atoms with van der Waals surface area (Å²) >= 11 is 0. The number of allylic oxidation sites excluding steroid dienone is 2. The Morgan fingerprint density at radius 1 is 1.04 bits per heavy atom. The fourth-order valence-corrected chi connectivity index (χ4v) is 2.83. The van der Waals surface area contributed by atoms with E-state index in [2.05, 4.69) is 12.2 Å². The van der Waals surface area contributed by atoms with Crippen molar-refractivity contribution in [1.82, 2.24) is 4.90 Å². The lowest BCUT2D eigenvalue weighted by Gasteiger charge is -2.25. The Hall–Kier alpha value is -2.23. The lowest BCUT2D eigenvalue weighted by Crippen LogP contribution is -2.34. The summed E-state index contributed by atoms with van der Waals surface area (Å²) in [5.74, 6) is 1.77. The number of hydrogen-bond donors (Lipinski definition) is 0. The van der Waals surface area contributed by atoms with Crippen LogP contribution < -0.4 is 9.47 Å². The summed E-state index contributed by atoms with van der Waals surface area (Å²) in [4.78, 5) is 13.9. The standard InChI is InChI=1S/C19H23NO3/c21-19(20-12-6-3-7-13-20)9-5-2-1-4-8-16-10-11-17-18(14-16)23-15-22-17/h4-5,8-11,14H,1-3,6-7,12-13,15H2. The van der Waals surface area contributed by atoms with E-state index in [1.54, 1.807) is 6.08 Å². The van der Waals surface area contributed by atoms with E-state index >= 15 is 0 Å². The molecule has 2 aliphatic heterocycles. The number of piperidine rings is 1. The van der Waals surface area contributed by atoms with Gasteiger partial charge in [0.15, 0.2) is 11.5 Å². The predicted molar refractivity (Wildman–Crippen MR) is 90.4 cm³/mol. The van der Waals surface area contributed by atoms with Crippen LogP contribution in [0.5, 0.6) is 11.5 Å². The molecule has 0 radical (unpaired) electrons. The molecule has 0 atom stereocenters. The number of nitrogens with zero attached hydrogens (tertiary/aromatic N) is 1. The van der Waals surface area contributed by atoms with Crippen LogP contribution in [-0.2, 0) is 4.79 Å². The van der Waals surface area contributed by atoms with Gasteiger partial charge in [0.05, 0.1) is 0 Å². The maximum Gasteiger partial charge on any atom is 0.246 e. The lowest BCUT2D eigenvalue weighted by molar-refractivity contribution is -0.126. The third kappa shape index (κ3) is 4.38. The van der Waals surface area contributed by atoms with Crippen molar-refractivity contribution < 1.29 is 14.3 Å². The molecule has 2 heterocycles. The van der Waals surface area contributed by atoms with Gasteiger partial charge in [0.1, 0.15) is 0 Å². The summed E-state index contributed by atoms with van der Waals surface area (Å²) in [6.07, 6.45) is 13.2. The van der Waals surface area contributed by atoms with Crippen molar-refractivity contribution in [3.63, 3.8) is 0 Å². The smallest absolute Gasteiger partial charge is 0.246 e. The molecule has 1 saturated heterocycles. The molecular formula is C19H23NO3. The molecule has 1 aromatic rings. The zero-order valence-corrected chi connectivity index (χ0v) is 13.4. The lowest BCUT2D eigenvalue weighted by atomic mass is 10.1. The zero-order valence-electron chi connectivity index (χ0n) is 13.4. The summed E-state index contributed by atoms with van der Waals surface area (Å²) in [5.41, 5.74) is 1.10. The molecule has 122 valence electrons. The van der Waals surface area contributed by atoms with E-state index in [1.165, 1.54) is 6.42 Å². The van der Waals surface area contributed by atoms with Crippen LogP contribution in [0, 0.1) is 0 Å². The van der Waals surface area contributed by atoms with Gasteiger partial charge in [-0.25, -0.2) is 0 Å². The van der Waals surface area contributed by atoms with Gasteiger partial charge < -0.3 is 14.4 Å². The predicted octanol–water partition coefficient (Wildman–Crippen LogP) is 3.78. The Balaban J connectivity index is 1.40. The largest absolute Gasteiger partial charge is 0.454 e. The van der Waals surface area contributed by atoms with Crippen molar-refractivity contribution in [3.8, 4) is 11.5 Å². The van der Waals surface area contributed by atoms with Crippen LogP contribution in [0.1, 0.15) is 37.7 Å². The monoisotopic (exact) mass is 313 g/mol. The zero-order chi connectivity index (χ0) is 15.9. The molecule has 0 spiro atoms. The van der Waals surface area contributed by atoms with Crippen molar-refractivity contribution in [3.05, 3.63) is 42.0 Å². The number of unbranched alkanes of at least 4 members (excludes halogenated alkanes) is 1. The van der Waals surface area contributed by atoms with Crippen molar-refractivity contribution in [1.29, 1.82) is 0 Å². The minimum Gasteiger partial charge on any atom is -0.454 e. The molecule has 0 saturated carbocycles. The minimum absolute atomic E-state index is 0.157. The highest BCUT2D eigenvalue weighted by Gasteiger charge is 2.13. The van der Waals surface area contributed by atoms with Crippen molar-refractivity contribution in [2.75, 3.05) is 19.9 Å². The molecule has 1 aromatic carbocycles. The normalized spacial score (nSPS) is 17.3. The second-order valence-corrected chi connectivity index (χ2v) is 5.88. The molecule has 0 N–H and O–H groups in total. The quantitative estimate of drug-likeness (QED) is 0.613. The average Bonchev–Trinajstić information content (AvgIpc) is 3.06. The van der Waals surface area contributed by atoms with Gasteiger partial charge in [0.25, 0.3) is 0 Å². The molecule has 4 heteroatoms. The van der Waals surface area contributed by atoms with E-state index < -0.39 is 0 Å². The van der Waals surface area contributed by atoms with E-state index in [0.717, 1.165) is 55.8 Å². The first-order chi connectivity index (χ1) is 11.3. The number of rotatable bonds is 5. The van der Waals surface area contributed by atoms with Crippen LogP contribution in [0.4, 0.5) is 0 Å². The van der Waals surface area contributed by atoms with E-state index in [0.29, 0.717) is 6.79 Å². The van der Waals surface area contributed by atoms with Crippen molar-refractivity contribution in [2.24, 2.45) is 0 Å². The van der Waals surface area contributed by atoms with E-state index in [1.807, 2.05) is 29.2 Å². The average molecular weight is 313 g/mol. The molecule has 23 heavy (non-hydrogen) atoms. The number of benzene rings is 1. The van der Waals surface area contributed by atoms with Gasteiger partial charge in [0, 0.05) is 13.1 Å². The van der Waals surface area contributed by atoms with Crippen molar-refractivity contribution >= 4 is 12.0 Å². The van der Waals surface area contributed by atoms with Gasteiger partial charge in [-0.15, -0.1) is 0 Å². The van der Waals surface area contributed by atoms with Gasteiger partial charge in [-0.2, -0.15) is 0 Å². The highest BCUT2D eigenvalue weighted by atomic mass is 16.7. The molecule has 1 fully saturated rings. The molecule has 0 unspecified atom stereocenters. The second-order valence-electron chi connectivity index (χ2n) is 5.88. The van der Waals surface area contributed by atoms with Gasteiger partial charge >= 0.3 is 0 Å². The summed E-state index contributed by atoms with van der Waals surface area (Å²) in [6.45, 7) is 2.12. The fourth-order valence-electron chi connectivity index (χ4n) is 2.83. The Morgan fingerprint density at radius 2 is 1.83 bits per heavy atom. The Morgan fingerprint density at radius 3 is 2.70 bits per heavy atom. The Kier molecular flexibility index (Phi) is 5.35. The highest BCUT2D eigenvalue weighted by Crippen LogP contribution is 2.32. The van der Waals surface area contributed by atoms with Gasteiger partial charge in [0.2, 0.25) is 12.7 Å².